The lowest BCUT2D eigenvalue weighted by molar-refractivity contribution is 0.118. The first-order valence-electron chi connectivity index (χ1n) is 5.40. The third kappa shape index (κ3) is 5.70. The highest BCUT2D eigenvalue weighted by atomic mass is 79.9. The average Bonchev–Trinajstić information content (AvgIpc) is 2.35. The van der Waals surface area contributed by atoms with Crippen molar-refractivity contribution in [1.82, 2.24) is 10.6 Å². The van der Waals surface area contributed by atoms with Gasteiger partial charge < -0.3 is 15.4 Å². The predicted octanol–water partition coefficient (Wildman–Crippen LogP) is 2.28. The van der Waals surface area contributed by atoms with E-state index >= 15 is 0 Å². The molecule has 0 aliphatic carbocycles. The molecule has 94 valence electrons. The zero-order valence-electron chi connectivity index (χ0n) is 10.00. The van der Waals surface area contributed by atoms with Gasteiger partial charge in [-0.3, -0.25) is 0 Å². The van der Waals surface area contributed by atoms with Crippen LogP contribution >= 0.6 is 15.9 Å². The van der Waals surface area contributed by atoms with Crippen LogP contribution in [0.1, 0.15) is 12.5 Å². The third-order valence-electron chi connectivity index (χ3n) is 2.32. The Morgan fingerprint density at radius 1 is 1.35 bits per heavy atom. The summed E-state index contributed by atoms with van der Waals surface area (Å²) in [5.74, 6) is 0. The number of hydrogen-bond donors (Lipinski definition) is 2. The normalized spacial score (nSPS) is 11.9. The van der Waals surface area contributed by atoms with Gasteiger partial charge in [-0.1, -0.05) is 28.1 Å². The molecule has 4 nitrogen and oxygen atoms in total. The van der Waals surface area contributed by atoms with Crippen LogP contribution in [0.25, 0.3) is 0 Å². The van der Waals surface area contributed by atoms with Gasteiger partial charge in [0.25, 0.3) is 0 Å². The van der Waals surface area contributed by atoms with Crippen molar-refractivity contribution < 1.29 is 9.53 Å². The van der Waals surface area contributed by atoms with Gasteiger partial charge in [0, 0.05) is 24.7 Å². The number of nitrogens with one attached hydrogen (secondary N) is 2. The number of hydrogen-bond acceptors (Lipinski definition) is 2. The number of benzene rings is 1. The number of amides is 2. The number of ether oxygens (including phenoxy) is 1. The van der Waals surface area contributed by atoms with Crippen LogP contribution in [0.3, 0.4) is 0 Å². The Balaban J connectivity index is 2.26. The van der Waals surface area contributed by atoms with Crippen LogP contribution in [-0.4, -0.2) is 25.8 Å². The maximum atomic E-state index is 11.4. The summed E-state index contributed by atoms with van der Waals surface area (Å²) in [5, 5.41) is 5.51. The van der Waals surface area contributed by atoms with E-state index in [0.29, 0.717) is 13.1 Å². The van der Waals surface area contributed by atoms with Gasteiger partial charge in [-0.25, -0.2) is 4.79 Å². The maximum absolute atomic E-state index is 11.4. The van der Waals surface area contributed by atoms with Gasteiger partial charge in [-0.2, -0.15) is 0 Å². The van der Waals surface area contributed by atoms with E-state index in [1.54, 1.807) is 7.11 Å². The van der Waals surface area contributed by atoms with Crippen LogP contribution < -0.4 is 10.6 Å². The monoisotopic (exact) mass is 300 g/mol. The van der Waals surface area contributed by atoms with Crippen LogP contribution in [0.5, 0.6) is 0 Å². The summed E-state index contributed by atoms with van der Waals surface area (Å²) in [6.45, 7) is 2.91. The van der Waals surface area contributed by atoms with E-state index < -0.39 is 0 Å². The fraction of sp³-hybridized carbons (Fsp3) is 0.417. The van der Waals surface area contributed by atoms with Crippen molar-refractivity contribution in [2.45, 2.75) is 19.6 Å². The molecule has 0 unspecified atom stereocenters. The minimum absolute atomic E-state index is 0.0217. The summed E-state index contributed by atoms with van der Waals surface area (Å²) in [4.78, 5) is 11.4. The summed E-state index contributed by atoms with van der Waals surface area (Å²) in [6.07, 6.45) is 0.0217. The van der Waals surface area contributed by atoms with Crippen LogP contribution in [0, 0.1) is 0 Å². The maximum Gasteiger partial charge on any atom is 0.315 e. The molecule has 0 aliphatic heterocycles. The van der Waals surface area contributed by atoms with Crippen molar-refractivity contribution in [3.8, 4) is 0 Å². The summed E-state index contributed by atoms with van der Waals surface area (Å²) < 4.78 is 6.06. The summed E-state index contributed by atoms with van der Waals surface area (Å²) in [7, 11) is 1.62. The fourth-order valence-corrected chi connectivity index (χ4v) is 1.43. The molecule has 0 saturated carbocycles. The fourth-order valence-electron chi connectivity index (χ4n) is 1.17. The van der Waals surface area contributed by atoms with Crippen molar-refractivity contribution in [2.75, 3.05) is 13.7 Å². The topological polar surface area (TPSA) is 50.4 Å². The van der Waals surface area contributed by atoms with Gasteiger partial charge >= 0.3 is 6.03 Å². The molecule has 0 radical (unpaired) electrons. The zero-order valence-corrected chi connectivity index (χ0v) is 11.6. The summed E-state index contributed by atoms with van der Waals surface area (Å²) >= 11 is 3.36. The van der Waals surface area contributed by atoms with Gasteiger partial charge in [0.1, 0.15) is 0 Å². The molecule has 1 aromatic rings. The van der Waals surface area contributed by atoms with Crippen molar-refractivity contribution in [2.24, 2.45) is 0 Å². The number of carbonyl (C=O) groups is 1. The number of halogens is 1. The first kappa shape index (κ1) is 14.0. The van der Waals surface area contributed by atoms with Crippen molar-refractivity contribution >= 4 is 22.0 Å². The number of carbonyl (C=O) groups excluding carboxylic acids is 1. The minimum Gasteiger partial charge on any atom is -0.380 e. The lowest BCUT2D eigenvalue weighted by Gasteiger charge is -2.11. The molecule has 0 fully saturated rings. The molecule has 17 heavy (non-hydrogen) atoms. The van der Waals surface area contributed by atoms with E-state index in [4.69, 9.17) is 4.74 Å². The molecule has 1 atom stereocenters. The second kappa shape index (κ2) is 7.29. The summed E-state index contributed by atoms with van der Waals surface area (Å²) in [6, 6.07) is 7.63. The zero-order chi connectivity index (χ0) is 12.7. The van der Waals surface area contributed by atoms with Gasteiger partial charge in [0.15, 0.2) is 0 Å². The van der Waals surface area contributed by atoms with E-state index in [2.05, 4.69) is 26.6 Å². The van der Waals surface area contributed by atoms with Crippen molar-refractivity contribution in [3.05, 3.63) is 34.3 Å². The van der Waals surface area contributed by atoms with E-state index in [1.165, 1.54) is 0 Å². The summed E-state index contributed by atoms with van der Waals surface area (Å²) in [5.41, 5.74) is 1.06. The van der Waals surface area contributed by atoms with E-state index in [0.717, 1.165) is 10.0 Å². The molecule has 2 amide bonds. The Bertz CT molecular complexity index is 354. The molecule has 5 heteroatoms. The van der Waals surface area contributed by atoms with Crippen molar-refractivity contribution in [3.63, 3.8) is 0 Å². The molecule has 0 aromatic heterocycles. The molecule has 0 saturated heterocycles. The minimum atomic E-state index is -0.184. The van der Waals surface area contributed by atoms with Crippen LogP contribution in [0.4, 0.5) is 4.79 Å². The lowest BCUT2D eigenvalue weighted by Crippen LogP contribution is -2.39. The van der Waals surface area contributed by atoms with Crippen LogP contribution in [0.15, 0.2) is 28.7 Å². The largest absolute Gasteiger partial charge is 0.380 e. The highest BCUT2D eigenvalue weighted by Crippen LogP contribution is 2.09. The smallest absolute Gasteiger partial charge is 0.315 e. The molecule has 0 bridgehead atoms. The second-order valence-corrected chi connectivity index (χ2v) is 4.65. The van der Waals surface area contributed by atoms with Crippen molar-refractivity contribution in [1.29, 1.82) is 0 Å². The predicted molar refractivity (Wildman–Crippen MR) is 70.9 cm³/mol. The van der Waals surface area contributed by atoms with Gasteiger partial charge in [0.2, 0.25) is 0 Å². The third-order valence-corrected chi connectivity index (χ3v) is 2.85. The Kier molecular flexibility index (Phi) is 6.00. The van der Waals surface area contributed by atoms with E-state index in [9.17, 15) is 4.79 Å². The Hall–Kier alpha value is -1.07. The van der Waals surface area contributed by atoms with Gasteiger partial charge in [-0.15, -0.1) is 0 Å². The molecule has 0 spiro atoms. The highest BCUT2D eigenvalue weighted by molar-refractivity contribution is 9.10. The van der Waals surface area contributed by atoms with Gasteiger partial charge in [-0.05, 0) is 24.6 Å². The second-order valence-electron chi connectivity index (χ2n) is 3.74. The Morgan fingerprint density at radius 2 is 2.00 bits per heavy atom. The number of urea groups is 1. The molecule has 0 heterocycles. The Morgan fingerprint density at radius 3 is 2.59 bits per heavy atom. The molecule has 0 aliphatic rings. The first-order chi connectivity index (χ1) is 8.11. The SMILES string of the molecule is CO[C@@H](C)CNC(=O)NCc1ccc(Br)cc1. The first-order valence-corrected chi connectivity index (χ1v) is 6.20. The average molecular weight is 301 g/mol. The van der Waals surface area contributed by atoms with Crippen LogP contribution in [-0.2, 0) is 11.3 Å². The molecular weight excluding hydrogens is 284 g/mol. The lowest BCUT2D eigenvalue weighted by atomic mass is 10.2. The van der Waals surface area contributed by atoms with E-state index in [-0.39, 0.29) is 12.1 Å². The molecular formula is C12H17BrN2O2. The number of rotatable bonds is 5. The number of methoxy groups -OCH3 is 1. The Labute approximate surface area is 110 Å². The van der Waals surface area contributed by atoms with Gasteiger partial charge in [0.05, 0.1) is 6.10 Å². The molecule has 1 rings (SSSR count). The highest BCUT2D eigenvalue weighted by Gasteiger charge is 2.03. The molecule has 2 N–H and O–H groups in total. The quantitative estimate of drug-likeness (QED) is 0.876. The van der Waals surface area contributed by atoms with Crippen LogP contribution in [0.2, 0.25) is 0 Å². The molecule has 1 aromatic carbocycles. The van der Waals surface area contributed by atoms with E-state index in [1.807, 2.05) is 31.2 Å². The standard InChI is InChI=1S/C12H17BrN2O2/c1-9(17-2)7-14-12(16)15-8-10-3-5-11(13)6-4-10/h3-6,9H,7-8H2,1-2H3,(H2,14,15,16)/t9-/m0/s1.